The number of alkyl halides is 4. The molecule has 0 spiro atoms. The second-order valence-corrected chi connectivity index (χ2v) is 12.5. The first-order chi connectivity index (χ1) is 20.4. The summed E-state index contributed by atoms with van der Waals surface area (Å²) in [5.74, 6) is -2.66. The summed E-state index contributed by atoms with van der Waals surface area (Å²) >= 11 is 6.44. The van der Waals surface area contributed by atoms with Gasteiger partial charge < -0.3 is 14.9 Å². The highest BCUT2D eigenvalue weighted by molar-refractivity contribution is 6.34. The Morgan fingerprint density at radius 3 is 2.56 bits per heavy atom. The van der Waals surface area contributed by atoms with Gasteiger partial charge in [-0.2, -0.15) is 23.0 Å². The molecule has 43 heavy (non-hydrogen) atoms. The average molecular weight is 626 g/mol. The van der Waals surface area contributed by atoms with E-state index in [1.54, 1.807) is 6.08 Å². The summed E-state index contributed by atoms with van der Waals surface area (Å²) < 4.78 is 63.0. The maximum absolute atomic E-state index is 14.2. The molecule has 1 aromatic carbocycles. The highest BCUT2D eigenvalue weighted by Gasteiger charge is 2.65. The van der Waals surface area contributed by atoms with Crippen LogP contribution in [-0.4, -0.2) is 69.7 Å². The Morgan fingerprint density at radius 2 is 1.95 bits per heavy atom. The van der Waals surface area contributed by atoms with Crippen molar-refractivity contribution in [2.45, 2.75) is 81.4 Å². The van der Waals surface area contributed by atoms with E-state index in [9.17, 15) is 37.4 Å². The van der Waals surface area contributed by atoms with Gasteiger partial charge in [0.15, 0.2) is 0 Å². The summed E-state index contributed by atoms with van der Waals surface area (Å²) in [6, 6.07) is 3.39. The van der Waals surface area contributed by atoms with Crippen molar-refractivity contribution in [3.8, 4) is 0 Å². The van der Waals surface area contributed by atoms with Gasteiger partial charge in [0.1, 0.15) is 12.4 Å². The molecule has 5 atom stereocenters. The molecule has 0 amide bonds. The molecule has 6 rings (SSSR count). The van der Waals surface area contributed by atoms with Gasteiger partial charge in [0.2, 0.25) is 0 Å². The lowest BCUT2D eigenvalue weighted by Gasteiger charge is -2.30. The first kappa shape index (κ1) is 30.2. The fraction of sp³-hybridized carbons (Fsp3) is 0.567. The van der Waals surface area contributed by atoms with Crippen LogP contribution in [0.2, 0.25) is 5.02 Å². The molecule has 2 fully saturated rings. The van der Waals surface area contributed by atoms with E-state index in [0.717, 1.165) is 15.8 Å². The summed E-state index contributed by atoms with van der Waals surface area (Å²) in [4.78, 5) is 25.7. The van der Waals surface area contributed by atoms with Crippen LogP contribution in [0.1, 0.15) is 71.4 Å². The number of carboxylic acid groups (broad SMARTS) is 1. The van der Waals surface area contributed by atoms with Gasteiger partial charge in [0.25, 0.3) is 5.91 Å². The van der Waals surface area contributed by atoms with Gasteiger partial charge in [-0.05, 0) is 68.6 Å². The van der Waals surface area contributed by atoms with Crippen LogP contribution >= 0.6 is 11.6 Å². The van der Waals surface area contributed by atoms with Crippen molar-refractivity contribution in [1.82, 2.24) is 15.1 Å². The highest BCUT2D eigenvalue weighted by Crippen LogP contribution is 2.60. The molecule has 1 saturated heterocycles. The normalized spacial score (nSPS) is 27.3. The van der Waals surface area contributed by atoms with Gasteiger partial charge in [-0.3, -0.25) is 14.9 Å². The van der Waals surface area contributed by atoms with Gasteiger partial charge in [-0.15, -0.1) is 0 Å². The Kier molecular flexibility index (Phi) is 7.93. The predicted molar refractivity (Wildman–Crippen MR) is 147 cm³/mol. The minimum atomic E-state index is -4.58. The molecule has 8 nitrogen and oxygen atoms in total. The SMILES string of the molecule is O=C(O)C1CC=C(c2nn(C(=O)c3c(Cl)cccc3C3(C(F)(F)F)CC3)c3c2CCC(C(O)N[C@H]2COC[C@@H]2F)C3)CC1. The number of aliphatic hydroxyl groups excluding tert-OH is 1. The van der Waals surface area contributed by atoms with Crippen molar-refractivity contribution >= 4 is 29.1 Å². The largest absolute Gasteiger partial charge is 0.481 e. The van der Waals surface area contributed by atoms with Crippen molar-refractivity contribution in [3.05, 3.63) is 57.4 Å². The molecule has 0 radical (unpaired) electrons. The number of carbonyl (C=O) groups is 2. The highest BCUT2D eigenvalue weighted by atomic mass is 35.5. The molecule has 3 aliphatic carbocycles. The number of hydrogen-bond donors (Lipinski definition) is 3. The summed E-state index contributed by atoms with van der Waals surface area (Å²) in [5, 5.41) is 27.8. The first-order valence-electron chi connectivity index (χ1n) is 14.5. The van der Waals surface area contributed by atoms with Crippen LogP contribution in [-0.2, 0) is 27.8 Å². The Labute approximate surface area is 250 Å². The maximum atomic E-state index is 14.2. The number of halogens is 5. The number of rotatable bonds is 7. The third-order valence-corrected chi connectivity index (χ3v) is 9.76. The van der Waals surface area contributed by atoms with E-state index in [1.807, 2.05) is 0 Å². The molecule has 2 aromatic rings. The number of aromatic nitrogens is 2. The zero-order valence-corrected chi connectivity index (χ0v) is 23.9. The summed E-state index contributed by atoms with van der Waals surface area (Å²) in [6.07, 6.45) is -3.35. The molecule has 1 aromatic heterocycles. The number of allylic oxidation sites excluding steroid dienone is 2. The monoisotopic (exact) mass is 625 g/mol. The standard InChI is InChI=1S/C30H32ClF4N3O5/c31-20-3-1-2-19(29(10-11-29)30(33,34)35)24(20)27(40)38-23-12-17(26(39)36-22-14-43-13-21(22)32)8-9-18(23)25(37-38)15-4-6-16(7-5-15)28(41)42/h1-4,16-17,21-22,26,36,39H,5-14H2,(H,41,42)/t16?,17?,21-,22-,26?/m0/s1. The van der Waals surface area contributed by atoms with Crippen LogP contribution in [0.5, 0.6) is 0 Å². The lowest BCUT2D eigenvalue weighted by molar-refractivity contribution is -0.160. The fourth-order valence-electron chi connectivity index (χ4n) is 6.72. The van der Waals surface area contributed by atoms with Gasteiger partial charge in [-0.1, -0.05) is 29.8 Å². The van der Waals surface area contributed by atoms with Crippen molar-refractivity contribution in [2.24, 2.45) is 11.8 Å². The summed E-state index contributed by atoms with van der Waals surface area (Å²) in [7, 11) is 0. The van der Waals surface area contributed by atoms with Crippen molar-refractivity contribution in [3.63, 3.8) is 0 Å². The number of carboxylic acids is 1. The molecule has 3 unspecified atom stereocenters. The second kappa shape index (κ2) is 11.3. The molecule has 2 heterocycles. The van der Waals surface area contributed by atoms with Crippen LogP contribution < -0.4 is 5.32 Å². The number of carbonyl (C=O) groups excluding carboxylic acids is 1. The number of nitrogens with one attached hydrogen (secondary N) is 1. The van der Waals surface area contributed by atoms with Crippen molar-refractivity contribution in [2.75, 3.05) is 13.2 Å². The van der Waals surface area contributed by atoms with Gasteiger partial charge >= 0.3 is 12.1 Å². The van der Waals surface area contributed by atoms with E-state index >= 15 is 0 Å². The maximum Gasteiger partial charge on any atom is 0.398 e. The predicted octanol–water partition coefficient (Wildman–Crippen LogP) is 4.84. The molecule has 1 aliphatic heterocycles. The van der Waals surface area contributed by atoms with E-state index in [0.29, 0.717) is 43.5 Å². The number of ether oxygens (including phenoxy) is 1. The zero-order valence-electron chi connectivity index (χ0n) is 23.2. The molecule has 1 saturated carbocycles. The average Bonchev–Trinajstić information content (AvgIpc) is 3.59. The quantitative estimate of drug-likeness (QED) is 0.298. The van der Waals surface area contributed by atoms with Gasteiger partial charge in [0, 0.05) is 11.5 Å². The van der Waals surface area contributed by atoms with E-state index in [2.05, 4.69) is 10.4 Å². The van der Waals surface area contributed by atoms with E-state index in [-0.39, 0.29) is 48.6 Å². The van der Waals surface area contributed by atoms with Crippen LogP contribution in [0.25, 0.3) is 5.57 Å². The number of aliphatic carboxylic acids is 1. The third kappa shape index (κ3) is 5.40. The molecule has 3 N–H and O–H groups in total. The van der Waals surface area contributed by atoms with E-state index < -0.39 is 53.7 Å². The third-order valence-electron chi connectivity index (χ3n) is 9.45. The number of benzene rings is 1. The van der Waals surface area contributed by atoms with Gasteiger partial charge in [-0.25, -0.2) is 4.39 Å². The molecule has 0 bridgehead atoms. The van der Waals surface area contributed by atoms with Crippen molar-refractivity contribution < 1.29 is 42.1 Å². The molecule has 4 aliphatic rings. The van der Waals surface area contributed by atoms with E-state index in [1.165, 1.54) is 18.2 Å². The minimum Gasteiger partial charge on any atom is -0.481 e. The number of fused-ring (bicyclic) bond motifs is 1. The number of aliphatic hydroxyl groups is 1. The van der Waals surface area contributed by atoms with E-state index in [4.69, 9.17) is 16.3 Å². The molecule has 232 valence electrons. The lowest BCUT2D eigenvalue weighted by Crippen LogP contribution is -2.48. The Balaban J connectivity index is 1.39. The minimum absolute atomic E-state index is 0.0682. The fourth-order valence-corrected chi connectivity index (χ4v) is 6.97. The Hall–Kier alpha value is -2.80. The molecular formula is C30H32ClF4N3O5. The smallest absolute Gasteiger partial charge is 0.398 e. The lowest BCUT2D eigenvalue weighted by atomic mass is 9.82. The van der Waals surface area contributed by atoms with Crippen LogP contribution in [0.3, 0.4) is 0 Å². The van der Waals surface area contributed by atoms with Crippen LogP contribution in [0.15, 0.2) is 24.3 Å². The second-order valence-electron chi connectivity index (χ2n) is 12.0. The van der Waals surface area contributed by atoms with Crippen LogP contribution in [0, 0.1) is 11.8 Å². The van der Waals surface area contributed by atoms with Gasteiger partial charge in [0.05, 0.1) is 52.6 Å². The Morgan fingerprint density at radius 1 is 1.19 bits per heavy atom. The number of nitrogens with zero attached hydrogens (tertiary/aromatic N) is 2. The Bertz CT molecular complexity index is 1470. The zero-order chi connectivity index (χ0) is 30.7. The summed E-state index contributed by atoms with van der Waals surface area (Å²) in [6.45, 7) is 0.0414. The summed E-state index contributed by atoms with van der Waals surface area (Å²) in [5.41, 5.74) is -0.153. The molecular weight excluding hydrogens is 594 g/mol. The topological polar surface area (TPSA) is 114 Å². The number of hydrogen-bond acceptors (Lipinski definition) is 6. The van der Waals surface area contributed by atoms with Crippen LogP contribution in [0.4, 0.5) is 17.6 Å². The first-order valence-corrected chi connectivity index (χ1v) is 14.9. The van der Waals surface area contributed by atoms with Crippen molar-refractivity contribution in [1.29, 1.82) is 0 Å². The molecule has 13 heteroatoms.